The minimum absolute atomic E-state index is 0.108. The van der Waals surface area contributed by atoms with Gasteiger partial charge in [0.25, 0.3) is 0 Å². The highest BCUT2D eigenvalue weighted by molar-refractivity contribution is 7.47. The molecule has 0 aromatic heterocycles. The van der Waals surface area contributed by atoms with Crippen LogP contribution >= 0.6 is 15.6 Å². The average molecular weight is 1400 g/mol. The predicted molar refractivity (Wildman–Crippen MR) is 386 cm³/mol. The Morgan fingerprint density at radius 1 is 0.284 bits per heavy atom. The van der Waals surface area contributed by atoms with E-state index in [4.69, 9.17) is 37.0 Å². The first-order valence-electron chi connectivity index (χ1n) is 39.6. The fourth-order valence-corrected chi connectivity index (χ4v) is 13.3. The van der Waals surface area contributed by atoms with Gasteiger partial charge in [-0.2, -0.15) is 0 Å². The molecular weight excluding hydrogens is 1250 g/mol. The maximum atomic E-state index is 13.1. The standard InChI is InChI=1S/C76H148O17P2/c1-6-9-12-15-18-21-24-26-27-28-29-30-31-32-35-42-47-52-57-62-76(81)93-72(66-87-74(79)60-55-50-45-40-37-36-38-43-48-53-58-69(4)5)68-91-95(84,85)89-64-70(77)63-88-94(82,83)90-67-71(65-86-73(78)59-54-49-44-39-33-23-20-17-14-11-8-3)92-75(80)61-56-51-46-41-34-25-22-19-16-13-10-7-2/h69-72,77H,6-68H2,1-5H3,(H,82,83)(H,84,85)/t70-,71+,72+/m0/s1. The van der Waals surface area contributed by atoms with Gasteiger partial charge in [-0.25, -0.2) is 9.13 Å². The number of phosphoric acid groups is 2. The Bertz CT molecular complexity index is 1820. The number of carbonyl (C=O) groups is 4. The summed E-state index contributed by atoms with van der Waals surface area (Å²) in [6.07, 6.45) is 58.2. The Hall–Kier alpha value is -1.94. The molecule has 0 aliphatic carbocycles. The van der Waals surface area contributed by atoms with Gasteiger partial charge in [-0.3, -0.25) is 37.3 Å². The van der Waals surface area contributed by atoms with Gasteiger partial charge in [0.1, 0.15) is 19.3 Å². The van der Waals surface area contributed by atoms with Crippen LogP contribution in [0.25, 0.3) is 0 Å². The van der Waals surface area contributed by atoms with Crippen molar-refractivity contribution in [2.75, 3.05) is 39.6 Å². The van der Waals surface area contributed by atoms with E-state index in [-0.39, 0.29) is 25.7 Å². The van der Waals surface area contributed by atoms with Crippen molar-refractivity contribution in [2.45, 2.75) is 419 Å². The van der Waals surface area contributed by atoms with E-state index >= 15 is 0 Å². The molecule has 0 fully saturated rings. The number of hydrogen-bond donors (Lipinski definition) is 3. The summed E-state index contributed by atoms with van der Waals surface area (Å²) in [5, 5.41) is 10.6. The quantitative estimate of drug-likeness (QED) is 0.0222. The lowest BCUT2D eigenvalue weighted by atomic mass is 10.0. The Morgan fingerprint density at radius 2 is 0.484 bits per heavy atom. The Morgan fingerprint density at radius 3 is 0.716 bits per heavy atom. The highest BCUT2D eigenvalue weighted by Crippen LogP contribution is 2.45. The van der Waals surface area contributed by atoms with Crippen molar-refractivity contribution in [1.29, 1.82) is 0 Å². The summed E-state index contributed by atoms with van der Waals surface area (Å²) in [7, 11) is -9.91. The summed E-state index contributed by atoms with van der Waals surface area (Å²) in [5.74, 6) is -1.35. The smallest absolute Gasteiger partial charge is 0.462 e. The SMILES string of the molecule is CCCCCCCCCCCCCCCCCCCCCC(=O)O[C@H](COC(=O)CCCCCCCCCCCCC(C)C)COP(=O)(O)OC[C@@H](O)COP(=O)(O)OC[C@@H](COC(=O)CCCCCCCCCCCCC)OC(=O)CCCCCCCCCCCCCC. The second-order valence-electron chi connectivity index (χ2n) is 27.9. The first-order valence-corrected chi connectivity index (χ1v) is 42.6. The van der Waals surface area contributed by atoms with Crippen LogP contribution in [-0.2, 0) is 65.4 Å². The fourth-order valence-electron chi connectivity index (χ4n) is 11.7. The molecule has 0 radical (unpaired) electrons. The van der Waals surface area contributed by atoms with Crippen molar-refractivity contribution >= 4 is 39.5 Å². The lowest BCUT2D eigenvalue weighted by Gasteiger charge is -2.21. The number of carbonyl (C=O) groups excluding carboxylic acids is 4. The van der Waals surface area contributed by atoms with Crippen LogP contribution in [0.3, 0.4) is 0 Å². The van der Waals surface area contributed by atoms with Crippen molar-refractivity contribution in [3.63, 3.8) is 0 Å². The lowest BCUT2D eigenvalue weighted by Crippen LogP contribution is -2.30. The van der Waals surface area contributed by atoms with Gasteiger partial charge in [0.05, 0.1) is 26.4 Å². The summed E-state index contributed by atoms with van der Waals surface area (Å²) in [5.41, 5.74) is 0. The number of aliphatic hydroxyl groups is 1. The van der Waals surface area contributed by atoms with Crippen molar-refractivity contribution < 1.29 is 80.2 Å². The number of aliphatic hydroxyl groups excluding tert-OH is 1. The largest absolute Gasteiger partial charge is 0.472 e. The van der Waals surface area contributed by atoms with Gasteiger partial charge < -0.3 is 33.8 Å². The second kappa shape index (κ2) is 69.2. The molecule has 0 aliphatic rings. The number of hydrogen-bond acceptors (Lipinski definition) is 15. The lowest BCUT2D eigenvalue weighted by molar-refractivity contribution is -0.161. The van der Waals surface area contributed by atoms with Crippen LogP contribution in [0.5, 0.6) is 0 Å². The van der Waals surface area contributed by atoms with E-state index in [0.29, 0.717) is 25.7 Å². The van der Waals surface area contributed by atoms with Gasteiger partial charge in [-0.1, -0.05) is 349 Å². The first kappa shape index (κ1) is 93.1. The minimum Gasteiger partial charge on any atom is -0.462 e. The Labute approximate surface area is 581 Å². The summed E-state index contributed by atoms with van der Waals surface area (Å²) in [4.78, 5) is 72.8. The number of rotatable bonds is 76. The molecule has 0 bridgehead atoms. The van der Waals surface area contributed by atoms with E-state index in [9.17, 15) is 43.2 Å². The highest BCUT2D eigenvalue weighted by Gasteiger charge is 2.30. The van der Waals surface area contributed by atoms with Gasteiger partial charge in [0.15, 0.2) is 12.2 Å². The number of phosphoric ester groups is 2. The van der Waals surface area contributed by atoms with Gasteiger partial charge in [0, 0.05) is 25.7 Å². The molecule has 95 heavy (non-hydrogen) atoms. The maximum absolute atomic E-state index is 13.1. The van der Waals surface area contributed by atoms with E-state index in [1.807, 2.05) is 0 Å². The normalized spacial score (nSPS) is 13.9. The molecule has 0 saturated heterocycles. The second-order valence-corrected chi connectivity index (χ2v) is 30.8. The van der Waals surface area contributed by atoms with Crippen LogP contribution < -0.4 is 0 Å². The summed E-state index contributed by atoms with van der Waals surface area (Å²) in [6, 6.07) is 0. The molecule has 3 N–H and O–H groups in total. The van der Waals surface area contributed by atoms with Crippen molar-refractivity contribution in [3.8, 4) is 0 Å². The van der Waals surface area contributed by atoms with Crippen molar-refractivity contribution in [2.24, 2.45) is 5.92 Å². The topological polar surface area (TPSA) is 237 Å². The van der Waals surface area contributed by atoms with Crippen LogP contribution in [0.15, 0.2) is 0 Å². The third kappa shape index (κ3) is 70.3. The zero-order chi connectivity index (χ0) is 69.8. The molecular formula is C76H148O17P2. The highest BCUT2D eigenvalue weighted by atomic mass is 31.2. The molecule has 0 spiro atoms. The van der Waals surface area contributed by atoms with Crippen molar-refractivity contribution in [1.82, 2.24) is 0 Å². The molecule has 0 heterocycles. The predicted octanol–water partition coefficient (Wildman–Crippen LogP) is 22.5. The molecule has 0 amide bonds. The van der Waals surface area contributed by atoms with Crippen LogP contribution in [0.2, 0.25) is 0 Å². The van der Waals surface area contributed by atoms with Gasteiger partial charge >= 0.3 is 39.5 Å². The third-order valence-electron chi connectivity index (χ3n) is 17.8. The fraction of sp³-hybridized carbons (Fsp3) is 0.947. The molecule has 0 aromatic rings. The maximum Gasteiger partial charge on any atom is 0.472 e. The van der Waals surface area contributed by atoms with E-state index in [1.165, 1.54) is 225 Å². The van der Waals surface area contributed by atoms with Crippen LogP contribution in [-0.4, -0.2) is 96.7 Å². The summed E-state index contributed by atoms with van der Waals surface area (Å²) >= 11 is 0. The number of esters is 4. The van der Waals surface area contributed by atoms with Crippen LogP contribution in [0, 0.1) is 5.92 Å². The molecule has 0 saturated carbocycles. The molecule has 0 rings (SSSR count). The molecule has 564 valence electrons. The van der Waals surface area contributed by atoms with E-state index in [0.717, 1.165) is 95.8 Å². The van der Waals surface area contributed by atoms with Gasteiger partial charge in [-0.15, -0.1) is 0 Å². The number of ether oxygens (including phenoxy) is 4. The van der Waals surface area contributed by atoms with Gasteiger partial charge in [-0.05, 0) is 31.6 Å². The van der Waals surface area contributed by atoms with Crippen molar-refractivity contribution in [3.05, 3.63) is 0 Å². The third-order valence-corrected chi connectivity index (χ3v) is 19.7. The molecule has 2 unspecified atom stereocenters. The zero-order valence-corrected chi connectivity index (χ0v) is 63.6. The van der Waals surface area contributed by atoms with Crippen LogP contribution in [0.1, 0.15) is 401 Å². The summed E-state index contributed by atoms with van der Waals surface area (Å²) < 4.78 is 68.5. The zero-order valence-electron chi connectivity index (χ0n) is 61.8. The van der Waals surface area contributed by atoms with E-state index < -0.39 is 97.5 Å². The summed E-state index contributed by atoms with van der Waals surface area (Å²) in [6.45, 7) is 7.29. The first-order chi connectivity index (χ1) is 46.0. The molecule has 17 nitrogen and oxygen atoms in total. The number of unbranched alkanes of at least 4 members (excludes halogenated alkanes) is 48. The molecule has 0 aromatic carbocycles. The van der Waals surface area contributed by atoms with E-state index in [2.05, 4.69) is 34.6 Å². The Kier molecular flexibility index (Phi) is 67.7. The van der Waals surface area contributed by atoms with Crippen LogP contribution in [0.4, 0.5) is 0 Å². The minimum atomic E-state index is -4.96. The monoisotopic (exact) mass is 1400 g/mol. The molecule has 5 atom stereocenters. The molecule has 19 heteroatoms. The average Bonchev–Trinajstić information content (AvgIpc) is 2.36. The van der Waals surface area contributed by atoms with E-state index in [1.54, 1.807) is 0 Å². The molecule has 0 aliphatic heterocycles. The Balaban J connectivity index is 5.23. The van der Waals surface area contributed by atoms with Gasteiger partial charge in [0.2, 0.25) is 0 Å².